The molecule has 1 N–H and O–H groups in total. The molecule has 1 heterocycles. The summed E-state index contributed by atoms with van der Waals surface area (Å²) >= 11 is 5.84. The minimum atomic E-state index is -0.393. The third kappa shape index (κ3) is 3.95. The first-order chi connectivity index (χ1) is 9.88. The molecule has 3 nitrogen and oxygen atoms in total. The summed E-state index contributed by atoms with van der Waals surface area (Å²) in [7, 11) is 0. The fourth-order valence-corrected chi connectivity index (χ4v) is 3.07. The Morgan fingerprint density at radius 1 is 1.52 bits per heavy atom. The van der Waals surface area contributed by atoms with Crippen molar-refractivity contribution in [3.63, 3.8) is 0 Å². The van der Waals surface area contributed by atoms with E-state index in [9.17, 15) is 9.18 Å². The molecule has 1 saturated heterocycles. The standard InChI is InChI=1S/C16H22ClFN2O/c1-10-9-20(12(3)21)7-6-16(10)19-11(2)13-4-5-15(18)14(17)8-13/h4-5,8,10-11,16,19H,6-7,9H2,1-3H3/t10-,11-,16-/m0/s1. The minimum absolute atomic E-state index is 0.0967. The van der Waals surface area contributed by atoms with Crippen molar-refractivity contribution in [3.05, 3.63) is 34.6 Å². The number of nitrogens with one attached hydrogen (secondary N) is 1. The van der Waals surface area contributed by atoms with Crippen molar-refractivity contribution in [2.75, 3.05) is 13.1 Å². The van der Waals surface area contributed by atoms with Gasteiger partial charge in [-0.15, -0.1) is 0 Å². The van der Waals surface area contributed by atoms with E-state index in [1.165, 1.54) is 6.07 Å². The lowest BCUT2D eigenvalue weighted by Crippen LogP contribution is -2.50. The smallest absolute Gasteiger partial charge is 0.219 e. The van der Waals surface area contributed by atoms with Crippen LogP contribution in [0.1, 0.15) is 38.8 Å². The van der Waals surface area contributed by atoms with E-state index in [2.05, 4.69) is 12.2 Å². The third-order valence-electron chi connectivity index (χ3n) is 4.26. The summed E-state index contributed by atoms with van der Waals surface area (Å²) in [6.07, 6.45) is 0.931. The van der Waals surface area contributed by atoms with Gasteiger partial charge in [-0.1, -0.05) is 24.6 Å². The van der Waals surface area contributed by atoms with Crippen LogP contribution in [0.5, 0.6) is 0 Å². The van der Waals surface area contributed by atoms with E-state index in [-0.39, 0.29) is 17.0 Å². The Hall–Kier alpha value is -1.13. The molecule has 1 aromatic carbocycles. The van der Waals surface area contributed by atoms with Crippen molar-refractivity contribution >= 4 is 17.5 Å². The van der Waals surface area contributed by atoms with Crippen LogP contribution in [0, 0.1) is 11.7 Å². The molecule has 1 amide bonds. The molecule has 0 aromatic heterocycles. The average molecular weight is 313 g/mol. The predicted octanol–water partition coefficient (Wildman–Crippen LogP) is 3.39. The van der Waals surface area contributed by atoms with Gasteiger partial charge in [-0.05, 0) is 37.0 Å². The number of benzene rings is 1. The molecule has 116 valence electrons. The number of carbonyl (C=O) groups is 1. The monoisotopic (exact) mass is 312 g/mol. The molecule has 1 fully saturated rings. The summed E-state index contributed by atoms with van der Waals surface area (Å²) in [5.74, 6) is 0.135. The van der Waals surface area contributed by atoms with Gasteiger partial charge in [-0.2, -0.15) is 0 Å². The molecule has 1 aliphatic rings. The second-order valence-corrected chi connectivity index (χ2v) is 6.31. The Morgan fingerprint density at radius 3 is 2.81 bits per heavy atom. The lowest BCUT2D eigenvalue weighted by Gasteiger charge is -2.38. The molecule has 0 spiro atoms. The molecular weight excluding hydrogens is 291 g/mol. The average Bonchev–Trinajstić information content (AvgIpc) is 2.43. The summed E-state index contributed by atoms with van der Waals surface area (Å²) in [5, 5.41) is 3.73. The highest BCUT2D eigenvalue weighted by atomic mass is 35.5. The number of carbonyl (C=O) groups excluding carboxylic acids is 1. The van der Waals surface area contributed by atoms with Crippen LogP contribution in [0.2, 0.25) is 5.02 Å². The SMILES string of the molecule is CC(=O)N1CC[C@H](N[C@@H](C)c2ccc(F)c(Cl)c2)[C@@H](C)C1. The molecule has 0 radical (unpaired) electrons. The molecule has 0 bridgehead atoms. The van der Waals surface area contributed by atoms with Gasteiger partial charge in [0.25, 0.3) is 0 Å². The number of likely N-dealkylation sites (tertiary alicyclic amines) is 1. The maximum atomic E-state index is 13.2. The first-order valence-corrected chi connectivity index (χ1v) is 7.72. The molecule has 0 saturated carbocycles. The number of halogens is 2. The van der Waals surface area contributed by atoms with E-state index in [1.807, 2.05) is 11.8 Å². The van der Waals surface area contributed by atoms with Crippen molar-refractivity contribution in [2.24, 2.45) is 5.92 Å². The number of hydrogen-bond acceptors (Lipinski definition) is 2. The Balaban J connectivity index is 1.98. The van der Waals surface area contributed by atoms with Crippen molar-refractivity contribution in [1.82, 2.24) is 10.2 Å². The summed E-state index contributed by atoms with van der Waals surface area (Å²) in [5.41, 5.74) is 0.975. The van der Waals surface area contributed by atoms with E-state index >= 15 is 0 Å². The van der Waals surface area contributed by atoms with E-state index in [0.29, 0.717) is 12.0 Å². The fraction of sp³-hybridized carbons (Fsp3) is 0.562. The second kappa shape index (κ2) is 6.75. The highest BCUT2D eigenvalue weighted by Crippen LogP contribution is 2.24. The van der Waals surface area contributed by atoms with E-state index < -0.39 is 5.82 Å². The summed E-state index contributed by atoms with van der Waals surface area (Å²) in [6.45, 7) is 7.38. The van der Waals surface area contributed by atoms with Crippen LogP contribution >= 0.6 is 11.6 Å². The van der Waals surface area contributed by atoms with Gasteiger partial charge in [0.15, 0.2) is 0 Å². The lowest BCUT2D eigenvalue weighted by molar-refractivity contribution is -0.130. The zero-order chi connectivity index (χ0) is 15.6. The van der Waals surface area contributed by atoms with Crippen LogP contribution in [-0.4, -0.2) is 29.9 Å². The van der Waals surface area contributed by atoms with Crippen LogP contribution in [-0.2, 0) is 4.79 Å². The third-order valence-corrected chi connectivity index (χ3v) is 4.55. The lowest BCUT2D eigenvalue weighted by atomic mass is 9.92. The van der Waals surface area contributed by atoms with Crippen molar-refractivity contribution in [2.45, 2.75) is 39.3 Å². The van der Waals surface area contributed by atoms with Crippen molar-refractivity contribution in [3.8, 4) is 0 Å². The van der Waals surface area contributed by atoms with Crippen molar-refractivity contribution < 1.29 is 9.18 Å². The van der Waals surface area contributed by atoms with Gasteiger partial charge in [0.1, 0.15) is 5.82 Å². The number of hydrogen-bond donors (Lipinski definition) is 1. The van der Waals surface area contributed by atoms with Gasteiger partial charge in [-0.3, -0.25) is 4.79 Å². The Bertz CT molecular complexity index is 523. The number of rotatable bonds is 3. The first-order valence-electron chi connectivity index (χ1n) is 7.35. The highest BCUT2D eigenvalue weighted by Gasteiger charge is 2.28. The molecule has 21 heavy (non-hydrogen) atoms. The van der Waals surface area contributed by atoms with Gasteiger partial charge in [0.05, 0.1) is 5.02 Å². The predicted molar refractivity (Wildman–Crippen MR) is 82.8 cm³/mol. The zero-order valence-corrected chi connectivity index (χ0v) is 13.5. The summed E-state index contributed by atoms with van der Waals surface area (Å²) in [6, 6.07) is 5.27. The summed E-state index contributed by atoms with van der Waals surface area (Å²) in [4.78, 5) is 13.3. The highest BCUT2D eigenvalue weighted by molar-refractivity contribution is 6.30. The minimum Gasteiger partial charge on any atom is -0.343 e. The molecule has 0 aliphatic carbocycles. The number of piperidine rings is 1. The number of nitrogens with zero attached hydrogens (tertiary/aromatic N) is 1. The van der Waals surface area contributed by atoms with Crippen LogP contribution in [0.4, 0.5) is 4.39 Å². The molecular formula is C16H22ClFN2O. The van der Waals surface area contributed by atoms with Crippen LogP contribution in [0.3, 0.4) is 0 Å². The van der Waals surface area contributed by atoms with Gasteiger partial charge >= 0.3 is 0 Å². The quantitative estimate of drug-likeness (QED) is 0.928. The molecule has 3 atom stereocenters. The largest absolute Gasteiger partial charge is 0.343 e. The van der Waals surface area contributed by atoms with Crippen LogP contribution in [0.15, 0.2) is 18.2 Å². The first kappa shape index (κ1) is 16.2. The Morgan fingerprint density at radius 2 is 2.24 bits per heavy atom. The van der Waals surface area contributed by atoms with Gasteiger partial charge in [-0.25, -0.2) is 4.39 Å². The summed E-state index contributed by atoms with van der Waals surface area (Å²) < 4.78 is 13.2. The van der Waals surface area contributed by atoms with Crippen molar-refractivity contribution in [1.29, 1.82) is 0 Å². The molecule has 5 heteroatoms. The normalized spacial score (nSPS) is 24.0. The van der Waals surface area contributed by atoms with E-state index in [0.717, 1.165) is 25.1 Å². The number of amides is 1. The molecule has 0 unspecified atom stereocenters. The van der Waals surface area contributed by atoms with E-state index in [4.69, 9.17) is 11.6 Å². The second-order valence-electron chi connectivity index (χ2n) is 5.90. The van der Waals surface area contributed by atoms with Crippen LogP contribution < -0.4 is 5.32 Å². The molecule has 1 aliphatic heterocycles. The Labute approximate surface area is 130 Å². The van der Waals surface area contributed by atoms with E-state index in [1.54, 1.807) is 19.1 Å². The maximum Gasteiger partial charge on any atom is 0.219 e. The van der Waals surface area contributed by atoms with Gasteiger partial charge in [0.2, 0.25) is 5.91 Å². The van der Waals surface area contributed by atoms with Gasteiger partial charge in [0, 0.05) is 32.1 Å². The zero-order valence-electron chi connectivity index (χ0n) is 12.7. The van der Waals surface area contributed by atoms with Crippen LogP contribution in [0.25, 0.3) is 0 Å². The molecule has 2 rings (SSSR count). The Kier molecular flexibility index (Phi) is 5.22. The fourth-order valence-electron chi connectivity index (χ4n) is 2.88. The molecule has 1 aromatic rings. The van der Waals surface area contributed by atoms with Gasteiger partial charge < -0.3 is 10.2 Å². The topological polar surface area (TPSA) is 32.3 Å². The maximum absolute atomic E-state index is 13.2.